The Morgan fingerprint density at radius 2 is 1.88 bits per heavy atom. The Morgan fingerprint density at radius 1 is 1.08 bits per heavy atom. The van der Waals surface area contributed by atoms with E-state index in [1.807, 2.05) is 4.90 Å². The molecule has 14 heteroatoms. The SMILES string of the molecule is CCC1CCCc2cc(O)cc(-c3ncc4c(N5C[C@H]6CC[C@@H](C5)N6C(=O)OCOC(C)=O)nc(OC[C@@]56CCCN5C[C@H](F)C6)nc4c3F)c21. The molecule has 2 aromatic heterocycles. The Labute approximate surface area is 295 Å². The van der Waals surface area contributed by atoms with Crippen LogP contribution in [-0.2, 0) is 20.7 Å². The Hall–Kier alpha value is -4.33. The molecule has 0 saturated carbocycles. The van der Waals surface area contributed by atoms with Crippen LogP contribution in [0.25, 0.3) is 22.2 Å². The summed E-state index contributed by atoms with van der Waals surface area (Å²) in [5.41, 5.74) is 2.31. The predicted molar refractivity (Wildman–Crippen MR) is 183 cm³/mol. The summed E-state index contributed by atoms with van der Waals surface area (Å²) in [5.74, 6) is -0.446. The van der Waals surface area contributed by atoms with Crippen LogP contribution in [0.1, 0.15) is 82.3 Å². The van der Waals surface area contributed by atoms with Crippen LogP contribution in [0, 0.1) is 5.82 Å². The molecule has 1 aliphatic carbocycles. The van der Waals surface area contributed by atoms with Gasteiger partial charge in [-0.05, 0) is 87.1 Å². The molecule has 5 aliphatic rings. The zero-order chi connectivity index (χ0) is 35.4. The van der Waals surface area contributed by atoms with E-state index in [2.05, 4.69) is 21.8 Å². The Balaban J connectivity index is 1.17. The number of hydrogen-bond donors (Lipinski definition) is 1. The van der Waals surface area contributed by atoms with Crippen LogP contribution in [0.3, 0.4) is 0 Å². The van der Waals surface area contributed by atoms with Gasteiger partial charge in [0.05, 0.1) is 23.0 Å². The molecule has 1 N–H and O–H groups in total. The van der Waals surface area contributed by atoms with Gasteiger partial charge in [0, 0.05) is 44.7 Å². The van der Waals surface area contributed by atoms with Crippen LogP contribution >= 0.6 is 0 Å². The number of phenols is 1. The van der Waals surface area contributed by atoms with Crippen LogP contribution in [0.4, 0.5) is 19.4 Å². The summed E-state index contributed by atoms with van der Waals surface area (Å²) < 4.78 is 48.0. The Bertz CT molecular complexity index is 1850. The van der Waals surface area contributed by atoms with Gasteiger partial charge in [-0.25, -0.2) is 13.6 Å². The Kier molecular flexibility index (Phi) is 8.84. The molecule has 6 heterocycles. The lowest BCUT2D eigenvalue weighted by atomic mass is 9.78. The lowest BCUT2D eigenvalue weighted by molar-refractivity contribution is -0.149. The van der Waals surface area contributed by atoms with Gasteiger partial charge in [0.2, 0.25) is 6.79 Å². The number of aromatic hydroxyl groups is 1. The van der Waals surface area contributed by atoms with E-state index < -0.39 is 36.4 Å². The first-order chi connectivity index (χ1) is 24.6. The lowest BCUT2D eigenvalue weighted by Crippen LogP contribution is -2.56. The maximum absolute atomic E-state index is 17.1. The van der Waals surface area contributed by atoms with E-state index >= 15 is 4.39 Å². The number of pyridine rings is 1. The minimum atomic E-state index is -0.930. The fourth-order valence-electron chi connectivity index (χ4n) is 9.45. The van der Waals surface area contributed by atoms with Crippen LogP contribution in [0.5, 0.6) is 11.8 Å². The second kappa shape index (κ2) is 13.3. The second-order valence-electron chi connectivity index (χ2n) is 14.8. The number of alkyl halides is 1. The number of benzene rings is 1. The number of esters is 1. The van der Waals surface area contributed by atoms with Crippen LogP contribution in [0.15, 0.2) is 18.3 Å². The molecule has 1 amide bonds. The van der Waals surface area contributed by atoms with Gasteiger partial charge in [0.25, 0.3) is 0 Å². The van der Waals surface area contributed by atoms with Crippen LogP contribution < -0.4 is 9.64 Å². The van der Waals surface area contributed by atoms with Gasteiger partial charge >= 0.3 is 18.1 Å². The van der Waals surface area contributed by atoms with Crippen molar-refractivity contribution in [2.45, 2.75) is 101 Å². The average molecular weight is 707 g/mol. The van der Waals surface area contributed by atoms with Gasteiger partial charge in [0.1, 0.15) is 35.6 Å². The van der Waals surface area contributed by atoms with Crippen molar-refractivity contribution in [2.75, 3.05) is 44.5 Å². The predicted octanol–water partition coefficient (Wildman–Crippen LogP) is 5.63. The molecule has 1 unspecified atom stereocenters. The highest BCUT2D eigenvalue weighted by Crippen LogP contribution is 2.45. The third-order valence-corrected chi connectivity index (χ3v) is 11.7. The number of rotatable bonds is 8. The van der Waals surface area contributed by atoms with Crippen molar-refractivity contribution >= 4 is 28.8 Å². The highest BCUT2D eigenvalue weighted by atomic mass is 19.1. The molecule has 272 valence electrons. The summed E-state index contributed by atoms with van der Waals surface area (Å²) in [6.07, 6.45) is 7.36. The molecule has 0 spiro atoms. The third kappa shape index (κ3) is 6.08. The first-order valence-electron chi connectivity index (χ1n) is 18.2. The summed E-state index contributed by atoms with van der Waals surface area (Å²) in [6, 6.07) is 2.95. The fraction of sp³-hybridized carbons (Fsp3) is 0.595. The maximum Gasteiger partial charge on any atom is 0.413 e. The number of ether oxygens (including phenoxy) is 3. The van der Waals surface area contributed by atoms with E-state index in [4.69, 9.17) is 19.2 Å². The van der Waals surface area contributed by atoms with Gasteiger partial charge in [-0.1, -0.05) is 6.92 Å². The minimum absolute atomic E-state index is 0.00276. The first-order valence-corrected chi connectivity index (χ1v) is 18.2. The van der Waals surface area contributed by atoms with Crippen LogP contribution in [-0.4, -0.2) is 105 Å². The number of hydrogen-bond acceptors (Lipinski definition) is 11. The number of halogens is 2. The van der Waals surface area contributed by atoms with E-state index in [0.29, 0.717) is 42.8 Å². The summed E-state index contributed by atoms with van der Waals surface area (Å²) in [7, 11) is 0. The van der Waals surface area contributed by atoms with Crippen molar-refractivity contribution < 1.29 is 37.7 Å². The first kappa shape index (κ1) is 33.8. The smallest absolute Gasteiger partial charge is 0.413 e. The molecule has 3 aromatic rings. The van der Waals surface area contributed by atoms with Crippen molar-refractivity contribution in [3.05, 3.63) is 35.3 Å². The fourth-order valence-corrected chi connectivity index (χ4v) is 9.45. The second-order valence-corrected chi connectivity index (χ2v) is 14.8. The average Bonchev–Trinajstić information content (AvgIpc) is 3.73. The third-order valence-electron chi connectivity index (χ3n) is 11.7. The maximum atomic E-state index is 17.1. The summed E-state index contributed by atoms with van der Waals surface area (Å²) in [6.45, 7) is 5.07. The monoisotopic (exact) mass is 706 g/mol. The van der Waals surface area contributed by atoms with E-state index in [-0.39, 0.29) is 47.6 Å². The molecule has 1 aromatic carbocycles. The minimum Gasteiger partial charge on any atom is -0.508 e. The number of aromatic nitrogens is 3. The van der Waals surface area contributed by atoms with E-state index in [9.17, 15) is 19.1 Å². The van der Waals surface area contributed by atoms with Gasteiger partial charge in [-0.3, -0.25) is 19.6 Å². The Morgan fingerprint density at radius 3 is 2.65 bits per heavy atom. The normalized spacial score (nSPS) is 27.1. The van der Waals surface area contributed by atoms with Crippen molar-refractivity contribution in [3.8, 4) is 23.0 Å². The number of carbonyl (C=O) groups is 2. The molecule has 0 radical (unpaired) electrons. The number of aryl methyl sites for hydroxylation is 1. The topological polar surface area (TPSA) is 130 Å². The van der Waals surface area contributed by atoms with Crippen molar-refractivity contribution in [1.29, 1.82) is 0 Å². The molecular weight excluding hydrogens is 662 g/mol. The van der Waals surface area contributed by atoms with Crippen molar-refractivity contribution in [2.24, 2.45) is 0 Å². The molecule has 4 saturated heterocycles. The number of fused-ring (bicyclic) bond motifs is 5. The standard InChI is InChI=1S/C37H44F2N6O6/c1-3-22-6-4-7-23-12-27(47)13-28(30(22)23)32-31(39)33-29(15-40-32)34(42-35(41-33)49-19-37-10-5-11-44(37)16-24(38)14-37)43-17-25-8-9-26(18-43)45(25)36(48)51-20-50-21(2)46/h12-13,15,22,24-26,47H,3-11,14,16-20H2,1-2H3/t22?,24-,25-,26+,37+/m1/s1. The molecule has 4 aliphatic heterocycles. The molecule has 5 atom stereocenters. The van der Waals surface area contributed by atoms with E-state index in [0.717, 1.165) is 69.0 Å². The lowest BCUT2D eigenvalue weighted by Gasteiger charge is -2.41. The summed E-state index contributed by atoms with van der Waals surface area (Å²) in [5, 5.41) is 11.1. The molecule has 12 nitrogen and oxygen atoms in total. The number of phenolic OH excluding ortho intramolecular Hbond substituents is 1. The quantitative estimate of drug-likeness (QED) is 0.231. The molecular formula is C37H44F2N6O6. The van der Waals surface area contributed by atoms with Gasteiger partial charge < -0.3 is 24.2 Å². The van der Waals surface area contributed by atoms with Crippen molar-refractivity contribution in [3.63, 3.8) is 0 Å². The largest absolute Gasteiger partial charge is 0.508 e. The van der Waals surface area contributed by atoms with Gasteiger partial charge in [-0.15, -0.1) is 0 Å². The molecule has 51 heavy (non-hydrogen) atoms. The number of piperazine rings is 1. The zero-order valence-corrected chi connectivity index (χ0v) is 29.1. The van der Waals surface area contributed by atoms with Crippen molar-refractivity contribution in [1.82, 2.24) is 24.8 Å². The number of amides is 1. The number of carbonyl (C=O) groups excluding carboxylic acids is 2. The van der Waals surface area contributed by atoms with E-state index in [1.165, 1.54) is 6.92 Å². The number of nitrogens with zero attached hydrogens (tertiary/aromatic N) is 6. The van der Waals surface area contributed by atoms with E-state index in [1.54, 1.807) is 23.2 Å². The molecule has 4 fully saturated rings. The van der Waals surface area contributed by atoms with Crippen LogP contribution in [0.2, 0.25) is 0 Å². The van der Waals surface area contributed by atoms with Gasteiger partial charge in [0.15, 0.2) is 5.82 Å². The highest BCUT2D eigenvalue weighted by molar-refractivity contribution is 5.92. The molecule has 8 rings (SSSR count). The highest BCUT2D eigenvalue weighted by Gasteiger charge is 2.50. The zero-order valence-electron chi connectivity index (χ0n) is 29.1. The summed E-state index contributed by atoms with van der Waals surface area (Å²) in [4.78, 5) is 44.2. The summed E-state index contributed by atoms with van der Waals surface area (Å²) >= 11 is 0. The molecule has 2 bridgehead atoms. The van der Waals surface area contributed by atoms with Gasteiger partial charge in [-0.2, -0.15) is 9.97 Å². The number of anilines is 1.